The summed E-state index contributed by atoms with van der Waals surface area (Å²) in [6, 6.07) is 21.8. The molecule has 0 heterocycles. The van der Waals surface area contributed by atoms with Gasteiger partial charge < -0.3 is 0 Å². The molecule has 5 unspecified atom stereocenters. The highest BCUT2D eigenvalue weighted by molar-refractivity contribution is 5.24. The lowest BCUT2D eigenvalue weighted by atomic mass is 9.66. The normalized spacial score (nSPS) is 23.7. The van der Waals surface area contributed by atoms with Crippen molar-refractivity contribution in [1.29, 1.82) is 0 Å². The van der Waals surface area contributed by atoms with Crippen LogP contribution in [0, 0.1) is 41.4 Å². The fourth-order valence-corrected chi connectivity index (χ4v) is 6.59. The summed E-state index contributed by atoms with van der Waals surface area (Å²) in [5, 5.41) is 0. The maximum absolute atomic E-state index is 2.42. The Morgan fingerprint density at radius 3 is 1.36 bits per heavy atom. The van der Waals surface area contributed by atoms with Gasteiger partial charge in [0.15, 0.2) is 0 Å². The minimum absolute atomic E-state index is 0.575. The van der Waals surface area contributed by atoms with E-state index in [1.165, 1.54) is 30.4 Å². The van der Waals surface area contributed by atoms with Gasteiger partial charge in [-0.3, -0.25) is 0 Å². The molecule has 0 nitrogen and oxygen atoms in total. The Morgan fingerprint density at radius 2 is 1.00 bits per heavy atom. The van der Waals surface area contributed by atoms with E-state index in [1.807, 2.05) is 0 Å². The third kappa shape index (κ3) is 8.01. The molecule has 1 aliphatic rings. The van der Waals surface area contributed by atoms with Crippen molar-refractivity contribution < 1.29 is 0 Å². The molecule has 0 saturated heterocycles. The zero-order valence-electron chi connectivity index (χ0n) is 23.1. The van der Waals surface area contributed by atoms with E-state index in [2.05, 4.69) is 123 Å². The van der Waals surface area contributed by atoms with Gasteiger partial charge >= 0.3 is 0 Å². The zero-order valence-corrected chi connectivity index (χ0v) is 23.1. The van der Waals surface area contributed by atoms with Crippen LogP contribution in [0.25, 0.3) is 0 Å². The maximum Gasteiger partial charge on any atom is -0.0154 e. The van der Waals surface area contributed by atoms with Crippen LogP contribution in [-0.2, 0) is 0 Å². The largest absolute Gasteiger partial charge is 0.0625 e. The summed E-state index contributed by atoms with van der Waals surface area (Å²) in [5.74, 6) is 7.20. The van der Waals surface area contributed by atoms with Gasteiger partial charge in [-0.1, -0.05) is 129 Å². The molecule has 0 N–H and O–H groups in total. The van der Waals surface area contributed by atoms with E-state index in [9.17, 15) is 0 Å². The lowest BCUT2D eigenvalue weighted by Gasteiger charge is -2.39. The van der Waals surface area contributed by atoms with Crippen LogP contribution in [-0.4, -0.2) is 0 Å². The first-order valence-electron chi connectivity index (χ1n) is 13.7. The first-order valence-corrected chi connectivity index (χ1v) is 13.7. The lowest BCUT2D eigenvalue weighted by molar-refractivity contribution is 0.106. The summed E-state index contributed by atoms with van der Waals surface area (Å²) in [6.07, 6.45) is 4.41. The summed E-state index contributed by atoms with van der Waals surface area (Å²) in [7, 11) is 0. The van der Waals surface area contributed by atoms with Crippen LogP contribution < -0.4 is 0 Å². The zero-order chi connectivity index (χ0) is 24.5. The third-order valence-corrected chi connectivity index (χ3v) is 8.51. The van der Waals surface area contributed by atoms with E-state index in [0.717, 1.165) is 29.6 Å². The number of benzene rings is 2. The van der Waals surface area contributed by atoms with Gasteiger partial charge in [-0.25, -0.2) is 0 Å². The molecule has 0 aromatic heterocycles. The molecule has 184 valence electrons. The molecule has 1 saturated carbocycles. The predicted octanol–water partition coefficient (Wildman–Crippen LogP) is 10.2. The molecule has 5 atom stereocenters. The van der Waals surface area contributed by atoms with E-state index >= 15 is 0 Å². The Hall–Kier alpha value is -1.56. The van der Waals surface area contributed by atoms with Gasteiger partial charge in [-0.05, 0) is 77.2 Å². The lowest BCUT2D eigenvalue weighted by Crippen LogP contribution is -2.30. The minimum atomic E-state index is 0.575. The fourth-order valence-electron chi connectivity index (χ4n) is 6.59. The van der Waals surface area contributed by atoms with Gasteiger partial charge in [0.25, 0.3) is 0 Å². The number of hydrogen-bond acceptors (Lipinski definition) is 0. The molecule has 0 heteroatoms. The van der Waals surface area contributed by atoms with Gasteiger partial charge in [0, 0.05) is 0 Å². The highest BCUT2D eigenvalue weighted by Gasteiger charge is 2.32. The molecule has 1 aliphatic carbocycles. The van der Waals surface area contributed by atoms with Crippen LogP contribution in [0.5, 0.6) is 0 Å². The average Bonchev–Trinajstić information content (AvgIpc) is 2.80. The fraction of sp³-hybridized carbons (Fsp3) is 0.636. The van der Waals surface area contributed by atoms with Crippen molar-refractivity contribution in [1.82, 2.24) is 0 Å². The average molecular weight is 449 g/mol. The first kappa shape index (κ1) is 27.7. The SMILES string of the molecule is CC(C)C(C(C)c1ccccc1)C(C)c1ccccc1.CC1CCC(C(C)C)C(C(C)C)C1. The van der Waals surface area contributed by atoms with Crippen LogP contribution in [0.3, 0.4) is 0 Å². The molecule has 2 aromatic rings. The topological polar surface area (TPSA) is 0 Å². The van der Waals surface area contributed by atoms with Gasteiger partial charge in [-0.15, -0.1) is 0 Å². The molecule has 2 aromatic carbocycles. The van der Waals surface area contributed by atoms with Crippen molar-refractivity contribution in [3.05, 3.63) is 71.8 Å². The van der Waals surface area contributed by atoms with Crippen LogP contribution in [0.2, 0.25) is 0 Å². The van der Waals surface area contributed by atoms with Crippen LogP contribution in [0.1, 0.15) is 105 Å². The standard InChI is InChI=1S/C20H26.C13H26/c1-15(2)20(16(3)18-11-7-5-8-12-18)17(4)19-13-9-6-10-14-19;1-9(2)12-7-6-11(5)8-13(12)10(3)4/h5-17,20H,1-4H3;9-13H,6-8H2,1-5H3. The molecular formula is C33H52. The highest BCUT2D eigenvalue weighted by Crippen LogP contribution is 2.42. The van der Waals surface area contributed by atoms with Crippen molar-refractivity contribution in [3.8, 4) is 0 Å². The van der Waals surface area contributed by atoms with Gasteiger partial charge in [0.2, 0.25) is 0 Å². The van der Waals surface area contributed by atoms with Crippen molar-refractivity contribution in [2.45, 2.75) is 93.4 Å². The molecule has 1 fully saturated rings. The molecule has 0 aliphatic heterocycles. The molecule has 0 spiro atoms. The van der Waals surface area contributed by atoms with Crippen molar-refractivity contribution >= 4 is 0 Å². The molecule has 0 amide bonds. The first-order chi connectivity index (χ1) is 15.6. The molecule has 0 radical (unpaired) electrons. The van der Waals surface area contributed by atoms with E-state index < -0.39 is 0 Å². The smallest absolute Gasteiger partial charge is 0.0154 e. The Bertz CT molecular complexity index is 712. The van der Waals surface area contributed by atoms with Crippen LogP contribution in [0.4, 0.5) is 0 Å². The van der Waals surface area contributed by atoms with E-state index in [-0.39, 0.29) is 0 Å². The highest BCUT2D eigenvalue weighted by atomic mass is 14.4. The van der Waals surface area contributed by atoms with E-state index in [4.69, 9.17) is 0 Å². The quantitative estimate of drug-likeness (QED) is 0.395. The molecular weight excluding hydrogens is 396 g/mol. The Labute approximate surface area is 206 Å². The Morgan fingerprint density at radius 1 is 0.576 bits per heavy atom. The summed E-state index contributed by atoms with van der Waals surface area (Å²) >= 11 is 0. The minimum Gasteiger partial charge on any atom is -0.0625 e. The van der Waals surface area contributed by atoms with Crippen LogP contribution >= 0.6 is 0 Å². The monoisotopic (exact) mass is 448 g/mol. The third-order valence-electron chi connectivity index (χ3n) is 8.51. The summed E-state index contributed by atoms with van der Waals surface area (Å²) in [5.41, 5.74) is 2.91. The maximum atomic E-state index is 2.42. The number of hydrogen-bond donors (Lipinski definition) is 0. The van der Waals surface area contributed by atoms with Crippen molar-refractivity contribution in [2.24, 2.45) is 41.4 Å². The number of rotatable bonds is 7. The Balaban J connectivity index is 0.000000257. The molecule has 3 rings (SSSR count). The van der Waals surface area contributed by atoms with Crippen molar-refractivity contribution in [3.63, 3.8) is 0 Å². The molecule has 0 bridgehead atoms. The Kier molecular flexibility index (Phi) is 11.2. The van der Waals surface area contributed by atoms with E-state index in [0.29, 0.717) is 23.7 Å². The van der Waals surface area contributed by atoms with Gasteiger partial charge in [-0.2, -0.15) is 0 Å². The predicted molar refractivity (Wildman–Crippen MR) is 148 cm³/mol. The second-order valence-electron chi connectivity index (χ2n) is 12.0. The summed E-state index contributed by atoms with van der Waals surface area (Å²) in [4.78, 5) is 0. The summed E-state index contributed by atoms with van der Waals surface area (Å²) < 4.78 is 0. The van der Waals surface area contributed by atoms with E-state index in [1.54, 1.807) is 0 Å². The van der Waals surface area contributed by atoms with Crippen molar-refractivity contribution in [2.75, 3.05) is 0 Å². The second kappa shape index (κ2) is 13.4. The summed E-state index contributed by atoms with van der Waals surface area (Å²) in [6.45, 7) is 21.5. The second-order valence-corrected chi connectivity index (χ2v) is 12.0. The van der Waals surface area contributed by atoms with Crippen LogP contribution in [0.15, 0.2) is 60.7 Å². The molecule has 33 heavy (non-hydrogen) atoms. The van der Waals surface area contributed by atoms with Gasteiger partial charge in [0.1, 0.15) is 0 Å². The van der Waals surface area contributed by atoms with Gasteiger partial charge in [0.05, 0.1) is 0 Å².